The molecular weight excluding hydrogens is 306 g/mol. The highest BCUT2D eigenvalue weighted by Crippen LogP contribution is 2.27. The van der Waals surface area contributed by atoms with Gasteiger partial charge in [0.25, 0.3) is 0 Å². The van der Waals surface area contributed by atoms with Crippen LogP contribution in [0.2, 0.25) is 0 Å². The Hall–Kier alpha value is -2.40. The Morgan fingerprint density at radius 2 is 2.00 bits per heavy atom. The number of carbonyl (C=O) groups excluding carboxylic acids is 2. The number of aliphatic hydroxyl groups is 1. The van der Waals surface area contributed by atoms with E-state index in [1.165, 1.54) is 5.56 Å². The van der Waals surface area contributed by atoms with E-state index in [-0.39, 0.29) is 19.0 Å². The number of nitrogens with zero attached hydrogens (tertiary/aromatic N) is 1. The molecule has 0 atom stereocenters. The highest BCUT2D eigenvalue weighted by molar-refractivity contribution is 6.01. The monoisotopic (exact) mass is 327 g/mol. The molecule has 5 nitrogen and oxygen atoms in total. The molecule has 0 spiro atoms. The Morgan fingerprint density at radius 3 is 2.71 bits per heavy atom. The highest BCUT2D eigenvalue weighted by atomic mass is 16.5. The van der Waals surface area contributed by atoms with Gasteiger partial charge in [-0.25, -0.2) is 4.79 Å². The van der Waals surface area contributed by atoms with Gasteiger partial charge in [0.2, 0.25) is 0 Å². The van der Waals surface area contributed by atoms with E-state index in [4.69, 9.17) is 9.84 Å². The fourth-order valence-electron chi connectivity index (χ4n) is 3.09. The van der Waals surface area contributed by atoms with Gasteiger partial charge < -0.3 is 14.4 Å². The molecule has 1 heterocycles. The van der Waals surface area contributed by atoms with Crippen LogP contribution in [0.5, 0.6) is 0 Å². The molecular formula is C19H21NO4. The first-order valence-electron chi connectivity index (χ1n) is 8.19. The summed E-state index contributed by atoms with van der Waals surface area (Å²) in [4.78, 5) is 24.5. The lowest BCUT2D eigenvalue weighted by molar-refractivity contribution is 0.0421. The number of fused-ring (bicyclic) bond motifs is 1. The number of rotatable bonds is 5. The molecule has 0 saturated heterocycles. The molecule has 1 aliphatic rings. The van der Waals surface area contributed by atoms with Crippen molar-refractivity contribution in [1.29, 1.82) is 0 Å². The minimum atomic E-state index is -0.502. The summed E-state index contributed by atoms with van der Waals surface area (Å²) in [7, 11) is 0. The number of ketones is 1. The average Bonchev–Trinajstić information content (AvgIpc) is 2.95. The zero-order valence-corrected chi connectivity index (χ0v) is 13.7. The van der Waals surface area contributed by atoms with Crippen molar-refractivity contribution in [3.63, 3.8) is 0 Å². The predicted octanol–water partition coefficient (Wildman–Crippen LogP) is 2.51. The van der Waals surface area contributed by atoms with Gasteiger partial charge in [0.1, 0.15) is 12.3 Å². The smallest absolute Gasteiger partial charge is 0.355 e. The van der Waals surface area contributed by atoms with Crippen LogP contribution in [0.15, 0.2) is 30.3 Å². The Balaban J connectivity index is 1.99. The van der Waals surface area contributed by atoms with E-state index in [1.54, 1.807) is 6.07 Å². The molecule has 1 aliphatic carbocycles. The second-order valence-electron chi connectivity index (χ2n) is 6.10. The van der Waals surface area contributed by atoms with Crippen LogP contribution in [0.25, 0.3) is 0 Å². The van der Waals surface area contributed by atoms with Gasteiger partial charge in [-0.3, -0.25) is 4.79 Å². The highest BCUT2D eigenvalue weighted by Gasteiger charge is 2.27. The number of ether oxygens (including phenoxy) is 1. The number of Topliss-reactive ketones (excluding diaryl/α,β-unsaturated/α-hetero) is 1. The van der Waals surface area contributed by atoms with Crippen molar-refractivity contribution in [1.82, 2.24) is 4.57 Å². The third kappa shape index (κ3) is 3.26. The lowest BCUT2D eigenvalue weighted by Crippen LogP contribution is -2.18. The van der Waals surface area contributed by atoms with Gasteiger partial charge in [-0.1, -0.05) is 29.8 Å². The molecule has 0 amide bonds. The molecule has 0 aliphatic heterocycles. The zero-order valence-electron chi connectivity index (χ0n) is 13.7. The van der Waals surface area contributed by atoms with Crippen LogP contribution in [0, 0.1) is 6.92 Å². The molecule has 1 N–H and O–H groups in total. The minimum absolute atomic E-state index is 0.0485. The Morgan fingerprint density at radius 1 is 1.25 bits per heavy atom. The standard InChI is InChI=1S/C19H21NO4/c1-13-5-7-14(8-6-13)12-20-16-3-2-4-18(22)15(16)11-17(20)19(23)24-10-9-21/h5-8,11,21H,2-4,9-10,12H2,1H3. The van der Waals surface area contributed by atoms with E-state index in [1.807, 2.05) is 35.8 Å². The summed E-state index contributed by atoms with van der Waals surface area (Å²) < 4.78 is 6.95. The fourth-order valence-corrected chi connectivity index (χ4v) is 3.09. The van der Waals surface area contributed by atoms with E-state index in [9.17, 15) is 9.59 Å². The normalized spacial score (nSPS) is 13.7. The number of hydrogen-bond acceptors (Lipinski definition) is 4. The van der Waals surface area contributed by atoms with Crippen LogP contribution in [0.1, 0.15) is 50.5 Å². The van der Waals surface area contributed by atoms with Crippen molar-refractivity contribution in [3.05, 3.63) is 58.4 Å². The topological polar surface area (TPSA) is 68.5 Å². The molecule has 2 aromatic rings. The van der Waals surface area contributed by atoms with Gasteiger partial charge in [-0.2, -0.15) is 0 Å². The Kier molecular flexibility index (Phi) is 4.81. The van der Waals surface area contributed by atoms with Crippen molar-refractivity contribution >= 4 is 11.8 Å². The molecule has 0 radical (unpaired) electrons. The molecule has 24 heavy (non-hydrogen) atoms. The third-order valence-electron chi connectivity index (χ3n) is 4.32. The molecule has 0 fully saturated rings. The summed E-state index contributed by atoms with van der Waals surface area (Å²) in [6.45, 7) is 2.28. The molecule has 1 aromatic heterocycles. The van der Waals surface area contributed by atoms with Crippen molar-refractivity contribution < 1.29 is 19.4 Å². The fraction of sp³-hybridized carbons (Fsp3) is 0.368. The Labute approximate surface area is 140 Å². The largest absolute Gasteiger partial charge is 0.459 e. The maximum absolute atomic E-state index is 12.3. The number of esters is 1. The van der Waals surface area contributed by atoms with Gasteiger partial charge in [-0.05, 0) is 31.4 Å². The second-order valence-corrected chi connectivity index (χ2v) is 6.10. The van der Waals surface area contributed by atoms with Crippen molar-refractivity contribution in [2.24, 2.45) is 0 Å². The lowest BCUT2D eigenvalue weighted by atomic mass is 9.96. The van der Waals surface area contributed by atoms with E-state index < -0.39 is 5.97 Å². The number of aliphatic hydroxyl groups excluding tert-OH is 1. The molecule has 126 valence electrons. The maximum atomic E-state index is 12.3. The van der Waals surface area contributed by atoms with Gasteiger partial charge in [-0.15, -0.1) is 0 Å². The minimum Gasteiger partial charge on any atom is -0.459 e. The number of benzene rings is 1. The number of aryl methyl sites for hydroxylation is 1. The van der Waals surface area contributed by atoms with Crippen molar-refractivity contribution in [2.45, 2.75) is 32.7 Å². The van der Waals surface area contributed by atoms with Crippen LogP contribution in [-0.2, 0) is 17.7 Å². The maximum Gasteiger partial charge on any atom is 0.355 e. The number of carbonyl (C=O) groups is 2. The third-order valence-corrected chi connectivity index (χ3v) is 4.32. The predicted molar refractivity (Wildman–Crippen MR) is 89.3 cm³/mol. The zero-order chi connectivity index (χ0) is 17.1. The molecule has 5 heteroatoms. The number of aromatic nitrogens is 1. The first-order valence-corrected chi connectivity index (χ1v) is 8.19. The summed E-state index contributed by atoms with van der Waals surface area (Å²) in [6, 6.07) is 9.75. The molecule has 1 aromatic carbocycles. The quantitative estimate of drug-likeness (QED) is 0.857. The summed E-state index contributed by atoms with van der Waals surface area (Å²) in [5.41, 5.74) is 4.15. The summed E-state index contributed by atoms with van der Waals surface area (Å²) >= 11 is 0. The lowest BCUT2D eigenvalue weighted by Gasteiger charge is -2.16. The Bertz CT molecular complexity index is 758. The molecule has 0 unspecified atom stereocenters. The van der Waals surface area contributed by atoms with E-state index in [2.05, 4.69) is 0 Å². The summed E-state index contributed by atoms with van der Waals surface area (Å²) in [6.07, 6.45) is 2.10. The van der Waals surface area contributed by atoms with Gasteiger partial charge >= 0.3 is 5.97 Å². The summed E-state index contributed by atoms with van der Waals surface area (Å²) in [5.74, 6) is -0.423. The first-order chi connectivity index (χ1) is 11.6. The van der Waals surface area contributed by atoms with Gasteiger partial charge in [0, 0.05) is 24.2 Å². The van der Waals surface area contributed by atoms with Crippen molar-refractivity contribution in [2.75, 3.05) is 13.2 Å². The van der Waals surface area contributed by atoms with Gasteiger partial charge in [0.15, 0.2) is 5.78 Å². The molecule has 0 bridgehead atoms. The van der Waals surface area contributed by atoms with Crippen LogP contribution in [0.3, 0.4) is 0 Å². The SMILES string of the molecule is Cc1ccc(Cn2c(C(=O)OCCO)cc3c2CCCC3=O)cc1. The average molecular weight is 327 g/mol. The van der Waals surface area contributed by atoms with Crippen LogP contribution in [-0.4, -0.2) is 34.6 Å². The van der Waals surface area contributed by atoms with Crippen LogP contribution >= 0.6 is 0 Å². The molecule has 0 saturated carbocycles. The van der Waals surface area contributed by atoms with E-state index in [0.717, 1.165) is 24.1 Å². The van der Waals surface area contributed by atoms with Crippen LogP contribution < -0.4 is 0 Å². The van der Waals surface area contributed by atoms with Crippen LogP contribution in [0.4, 0.5) is 0 Å². The summed E-state index contributed by atoms with van der Waals surface area (Å²) in [5, 5.41) is 8.86. The number of hydrogen-bond donors (Lipinski definition) is 1. The first kappa shape index (κ1) is 16.5. The van der Waals surface area contributed by atoms with E-state index in [0.29, 0.717) is 24.2 Å². The van der Waals surface area contributed by atoms with Crippen molar-refractivity contribution in [3.8, 4) is 0 Å². The molecule has 3 rings (SSSR count). The van der Waals surface area contributed by atoms with Gasteiger partial charge in [0.05, 0.1) is 6.61 Å². The second kappa shape index (κ2) is 7.01. The van der Waals surface area contributed by atoms with E-state index >= 15 is 0 Å².